The normalized spacial score (nSPS) is 12.6. The van der Waals surface area contributed by atoms with Crippen molar-refractivity contribution >= 4 is 0 Å². The molecule has 1 atom stereocenters. The van der Waals surface area contributed by atoms with Crippen LogP contribution in [0.15, 0.2) is 24.4 Å². The Morgan fingerprint density at radius 1 is 1.26 bits per heavy atom. The highest BCUT2D eigenvalue weighted by atomic mass is 15.4. The van der Waals surface area contributed by atoms with Crippen LogP contribution in [0.2, 0.25) is 0 Å². The molecule has 0 saturated heterocycles. The van der Waals surface area contributed by atoms with Crippen LogP contribution in [0.4, 0.5) is 0 Å². The molecule has 0 aliphatic carbocycles. The van der Waals surface area contributed by atoms with Gasteiger partial charge in [0, 0.05) is 25.7 Å². The minimum Gasteiger partial charge on any atom is -0.271 e. The van der Waals surface area contributed by atoms with Crippen LogP contribution in [0.1, 0.15) is 22.4 Å². The van der Waals surface area contributed by atoms with Crippen molar-refractivity contribution in [2.75, 3.05) is 0 Å². The molecule has 1 unspecified atom stereocenters. The Balaban J connectivity index is 2.04. The second-order valence-corrected chi connectivity index (χ2v) is 5.07. The molecule has 102 valence electrons. The molecule has 0 radical (unpaired) electrons. The number of benzene rings is 1. The summed E-state index contributed by atoms with van der Waals surface area (Å²) in [6.07, 6.45) is 3.58. The third-order valence-electron chi connectivity index (χ3n) is 3.39. The molecule has 19 heavy (non-hydrogen) atoms. The molecule has 0 fully saturated rings. The van der Waals surface area contributed by atoms with Crippen LogP contribution in [0.5, 0.6) is 0 Å². The van der Waals surface area contributed by atoms with E-state index in [-0.39, 0.29) is 6.04 Å². The summed E-state index contributed by atoms with van der Waals surface area (Å²) >= 11 is 0. The average molecular weight is 259 g/mol. The minimum atomic E-state index is 0.166. The van der Waals surface area contributed by atoms with Crippen LogP contribution in [-0.2, 0) is 19.9 Å². The van der Waals surface area contributed by atoms with Crippen LogP contribution in [0, 0.1) is 13.8 Å². The predicted molar refractivity (Wildman–Crippen MR) is 75.4 cm³/mol. The molecule has 0 bridgehead atoms. The smallest absolute Gasteiger partial charge is 0.0843 e. The maximum absolute atomic E-state index is 5.64. The zero-order valence-electron chi connectivity index (χ0n) is 11.7. The number of nitrogens with two attached hydrogens (primary N) is 1. The lowest BCUT2D eigenvalue weighted by Gasteiger charge is -2.15. The molecule has 2 aromatic rings. The number of rotatable bonds is 5. The lowest BCUT2D eigenvalue weighted by atomic mass is 9.99. The van der Waals surface area contributed by atoms with E-state index in [2.05, 4.69) is 47.8 Å². The summed E-state index contributed by atoms with van der Waals surface area (Å²) in [4.78, 5) is 0. The van der Waals surface area contributed by atoms with Crippen LogP contribution in [0.3, 0.4) is 0 Å². The van der Waals surface area contributed by atoms with Crippen LogP contribution < -0.4 is 11.3 Å². The largest absolute Gasteiger partial charge is 0.271 e. The fourth-order valence-electron chi connectivity index (χ4n) is 2.15. The molecule has 1 heterocycles. The third kappa shape index (κ3) is 3.62. The van der Waals surface area contributed by atoms with Gasteiger partial charge in [-0.25, -0.2) is 0 Å². The quantitative estimate of drug-likeness (QED) is 0.622. The number of hydrogen-bond acceptors (Lipinski definition) is 4. The van der Waals surface area contributed by atoms with E-state index in [1.807, 2.05) is 13.2 Å². The monoisotopic (exact) mass is 259 g/mol. The molecule has 1 aromatic carbocycles. The van der Waals surface area contributed by atoms with Crippen molar-refractivity contribution < 1.29 is 0 Å². The second-order valence-electron chi connectivity index (χ2n) is 5.07. The van der Waals surface area contributed by atoms with E-state index < -0.39 is 0 Å². The molecule has 5 heteroatoms. The topological polar surface area (TPSA) is 68.8 Å². The van der Waals surface area contributed by atoms with Crippen molar-refractivity contribution in [3.8, 4) is 0 Å². The summed E-state index contributed by atoms with van der Waals surface area (Å²) in [5.41, 5.74) is 7.73. The lowest BCUT2D eigenvalue weighted by molar-refractivity contribution is 0.517. The average Bonchev–Trinajstić information content (AvgIpc) is 2.78. The zero-order valence-corrected chi connectivity index (χ0v) is 11.7. The Morgan fingerprint density at radius 3 is 2.63 bits per heavy atom. The minimum absolute atomic E-state index is 0.166. The molecule has 0 spiro atoms. The zero-order chi connectivity index (χ0) is 13.8. The van der Waals surface area contributed by atoms with Gasteiger partial charge in [0.15, 0.2) is 0 Å². The first-order valence-electron chi connectivity index (χ1n) is 6.46. The van der Waals surface area contributed by atoms with Crippen LogP contribution in [-0.4, -0.2) is 21.0 Å². The Bertz CT molecular complexity index is 547. The first kappa shape index (κ1) is 13.7. The van der Waals surface area contributed by atoms with Gasteiger partial charge in [0.05, 0.1) is 5.69 Å². The summed E-state index contributed by atoms with van der Waals surface area (Å²) in [7, 11) is 1.87. The second kappa shape index (κ2) is 5.95. The molecular weight excluding hydrogens is 238 g/mol. The molecule has 0 amide bonds. The van der Waals surface area contributed by atoms with E-state index in [1.165, 1.54) is 16.7 Å². The number of aryl methyl sites for hydroxylation is 3. The third-order valence-corrected chi connectivity index (χ3v) is 3.39. The van der Waals surface area contributed by atoms with Crippen molar-refractivity contribution in [2.45, 2.75) is 32.7 Å². The standard InChI is InChI=1S/C14H21N5/c1-10-4-5-12(6-11(10)2)7-13(16-15)8-14-9-19(3)18-17-14/h4-6,9,13,16H,7-8,15H2,1-3H3. The summed E-state index contributed by atoms with van der Waals surface area (Å²) < 4.78 is 1.71. The summed E-state index contributed by atoms with van der Waals surface area (Å²) in [5, 5.41) is 8.03. The fraction of sp³-hybridized carbons (Fsp3) is 0.429. The number of aromatic nitrogens is 3. The first-order chi connectivity index (χ1) is 9.08. The SMILES string of the molecule is Cc1ccc(CC(Cc2cn(C)nn2)NN)cc1C. The summed E-state index contributed by atoms with van der Waals surface area (Å²) in [5.74, 6) is 5.64. The number of nitrogens with zero attached hydrogens (tertiary/aromatic N) is 3. The Hall–Kier alpha value is -1.72. The predicted octanol–water partition coefficient (Wildman–Crippen LogP) is 1.05. The van der Waals surface area contributed by atoms with Gasteiger partial charge in [-0.05, 0) is 37.0 Å². The molecule has 5 nitrogen and oxygen atoms in total. The molecule has 0 saturated carbocycles. The Morgan fingerprint density at radius 2 is 2.05 bits per heavy atom. The van der Waals surface area contributed by atoms with E-state index in [9.17, 15) is 0 Å². The fourth-order valence-corrected chi connectivity index (χ4v) is 2.15. The van der Waals surface area contributed by atoms with Gasteiger partial charge in [-0.1, -0.05) is 23.4 Å². The molecule has 0 aliphatic heterocycles. The number of hydrogen-bond donors (Lipinski definition) is 2. The van der Waals surface area contributed by atoms with E-state index in [0.717, 1.165) is 18.5 Å². The van der Waals surface area contributed by atoms with Crippen molar-refractivity contribution in [2.24, 2.45) is 12.9 Å². The van der Waals surface area contributed by atoms with Gasteiger partial charge in [-0.2, -0.15) is 0 Å². The van der Waals surface area contributed by atoms with Gasteiger partial charge in [0.25, 0.3) is 0 Å². The van der Waals surface area contributed by atoms with Crippen molar-refractivity contribution in [3.05, 3.63) is 46.8 Å². The van der Waals surface area contributed by atoms with Gasteiger partial charge in [-0.15, -0.1) is 5.10 Å². The highest BCUT2D eigenvalue weighted by Gasteiger charge is 2.11. The molecule has 2 rings (SSSR count). The van der Waals surface area contributed by atoms with E-state index in [1.54, 1.807) is 4.68 Å². The van der Waals surface area contributed by atoms with Gasteiger partial charge in [0.2, 0.25) is 0 Å². The van der Waals surface area contributed by atoms with Crippen molar-refractivity contribution in [3.63, 3.8) is 0 Å². The van der Waals surface area contributed by atoms with Crippen molar-refractivity contribution in [1.82, 2.24) is 20.4 Å². The van der Waals surface area contributed by atoms with Gasteiger partial charge >= 0.3 is 0 Å². The Kier molecular flexibility index (Phi) is 4.29. The number of hydrazine groups is 1. The van der Waals surface area contributed by atoms with E-state index in [0.29, 0.717) is 0 Å². The summed E-state index contributed by atoms with van der Waals surface area (Å²) in [6.45, 7) is 4.25. The van der Waals surface area contributed by atoms with Crippen molar-refractivity contribution in [1.29, 1.82) is 0 Å². The van der Waals surface area contributed by atoms with Gasteiger partial charge in [-0.3, -0.25) is 16.0 Å². The highest BCUT2D eigenvalue weighted by Crippen LogP contribution is 2.12. The number of nitrogens with one attached hydrogen (secondary N) is 1. The van der Waals surface area contributed by atoms with Crippen LogP contribution in [0.25, 0.3) is 0 Å². The highest BCUT2D eigenvalue weighted by molar-refractivity contribution is 5.30. The molecule has 1 aromatic heterocycles. The first-order valence-corrected chi connectivity index (χ1v) is 6.46. The molecule has 0 aliphatic rings. The maximum atomic E-state index is 5.64. The lowest BCUT2D eigenvalue weighted by Crippen LogP contribution is -2.38. The van der Waals surface area contributed by atoms with Gasteiger partial charge < -0.3 is 0 Å². The van der Waals surface area contributed by atoms with Gasteiger partial charge in [0.1, 0.15) is 0 Å². The Labute approximate surface area is 113 Å². The molecular formula is C14H21N5. The van der Waals surface area contributed by atoms with E-state index in [4.69, 9.17) is 5.84 Å². The summed E-state index contributed by atoms with van der Waals surface area (Å²) in [6, 6.07) is 6.69. The van der Waals surface area contributed by atoms with Crippen LogP contribution >= 0.6 is 0 Å². The van der Waals surface area contributed by atoms with E-state index >= 15 is 0 Å². The molecule has 3 N–H and O–H groups in total. The maximum Gasteiger partial charge on any atom is 0.0843 e.